The molecule has 1 saturated heterocycles. The smallest absolute Gasteiger partial charge is 0.227 e. The van der Waals surface area contributed by atoms with Crippen molar-refractivity contribution in [3.8, 4) is 11.5 Å². The number of nitrogens with zero attached hydrogens (tertiary/aromatic N) is 3. The lowest BCUT2D eigenvalue weighted by Crippen LogP contribution is -2.49. The predicted octanol–water partition coefficient (Wildman–Crippen LogP) is 4.71. The first-order valence-corrected chi connectivity index (χ1v) is 12.5. The van der Waals surface area contributed by atoms with E-state index < -0.39 is 0 Å². The minimum atomic E-state index is 0.182. The van der Waals surface area contributed by atoms with Gasteiger partial charge in [0.05, 0.1) is 20.6 Å². The molecule has 0 bridgehead atoms. The number of thiazole rings is 1. The molecule has 1 aliphatic rings. The van der Waals surface area contributed by atoms with Crippen molar-refractivity contribution in [2.24, 2.45) is 0 Å². The minimum absolute atomic E-state index is 0.182. The fraction of sp³-hybridized carbons (Fsp3) is 0.417. The molecule has 4 rings (SSSR count). The highest BCUT2D eigenvalue weighted by Gasteiger charge is 2.24. The van der Waals surface area contributed by atoms with Gasteiger partial charge in [0.2, 0.25) is 5.91 Å². The molecular formula is C24H29N3O3S2. The predicted molar refractivity (Wildman–Crippen MR) is 133 cm³/mol. The lowest BCUT2D eigenvalue weighted by atomic mass is 10.1. The SMILES string of the molecule is COc1ccc(OC)c2sc(N3CCN(C(=O)Cc4ccc(SC(C)C)cc4)CC3)nc12. The average molecular weight is 472 g/mol. The molecule has 1 aliphatic heterocycles. The summed E-state index contributed by atoms with van der Waals surface area (Å²) >= 11 is 3.44. The van der Waals surface area contributed by atoms with Crippen LogP contribution in [-0.4, -0.2) is 61.4 Å². The number of rotatable bonds is 7. The number of methoxy groups -OCH3 is 2. The van der Waals surface area contributed by atoms with Crippen LogP contribution in [0.4, 0.5) is 5.13 Å². The summed E-state index contributed by atoms with van der Waals surface area (Å²) in [6.07, 6.45) is 0.447. The van der Waals surface area contributed by atoms with E-state index in [4.69, 9.17) is 14.5 Å². The van der Waals surface area contributed by atoms with Crippen LogP contribution in [0, 0.1) is 0 Å². The molecule has 8 heteroatoms. The summed E-state index contributed by atoms with van der Waals surface area (Å²) < 4.78 is 12.0. The van der Waals surface area contributed by atoms with Crippen LogP contribution in [-0.2, 0) is 11.2 Å². The van der Waals surface area contributed by atoms with Crippen LogP contribution < -0.4 is 14.4 Å². The summed E-state index contributed by atoms with van der Waals surface area (Å²) in [6, 6.07) is 12.2. The van der Waals surface area contributed by atoms with E-state index in [0.29, 0.717) is 24.8 Å². The quantitative estimate of drug-likeness (QED) is 0.466. The standard InChI is InChI=1S/C24H29N3O3S2/c1-16(2)31-18-7-5-17(6-8-18)15-21(28)26-11-13-27(14-12-26)24-25-22-19(29-3)9-10-20(30-4)23(22)32-24/h5-10,16H,11-15H2,1-4H3. The number of hydrogen-bond donors (Lipinski definition) is 0. The van der Waals surface area contributed by atoms with Gasteiger partial charge in [-0.25, -0.2) is 4.98 Å². The van der Waals surface area contributed by atoms with E-state index in [2.05, 4.69) is 43.0 Å². The Bertz CT molecular complexity index is 1030. The van der Waals surface area contributed by atoms with Gasteiger partial charge in [0.15, 0.2) is 5.13 Å². The van der Waals surface area contributed by atoms with E-state index in [1.54, 1.807) is 25.6 Å². The summed E-state index contributed by atoms with van der Waals surface area (Å²) in [5.41, 5.74) is 1.89. The van der Waals surface area contributed by atoms with Crippen molar-refractivity contribution >= 4 is 44.4 Å². The highest BCUT2D eigenvalue weighted by Crippen LogP contribution is 2.40. The Morgan fingerprint density at radius 1 is 1.03 bits per heavy atom. The van der Waals surface area contributed by atoms with E-state index >= 15 is 0 Å². The fourth-order valence-corrected chi connectivity index (χ4v) is 5.76. The van der Waals surface area contributed by atoms with Gasteiger partial charge < -0.3 is 19.3 Å². The van der Waals surface area contributed by atoms with Crippen molar-refractivity contribution in [1.29, 1.82) is 0 Å². The molecule has 1 aromatic heterocycles. The first-order valence-electron chi connectivity index (χ1n) is 10.8. The molecule has 3 aromatic rings. The molecule has 0 aliphatic carbocycles. The largest absolute Gasteiger partial charge is 0.495 e. The Labute approximate surface area is 197 Å². The Morgan fingerprint density at radius 3 is 2.31 bits per heavy atom. The number of amides is 1. The topological polar surface area (TPSA) is 54.9 Å². The van der Waals surface area contributed by atoms with Crippen LogP contribution in [0.15, 0.2) is 41.3 Å². The number of ether oxygens (including phenoxy) is 2. The Kier molecular flexibility index (Phi) is 7.10. The number of thioether (sulfide) groups is 1. The molecule has 2 heterocycles. The Balaban J connectivity index is 1.38. The molecule has 0 saturated carbocycles. The Morgan fingerprint density at radius 2 is 1.69 bits per heavy atom. The van der Waals surface area contributed by atoms with Crippen molar-refractivity contribution in [3.05, 3.63) is 42.0 Å². The first-order chi connectivity index (χ1) is 15.5. The average Bonchev–Trinajstić information content (AvgIpc) is 3.25. The van der Waals surface area contributed by atoms with Gasteiger partial charge in [-0.15, -0.1) is 11.8 Å². The van der Waals surface area contributed by atoms with E-state index in [9.17, 15) is 4.79 Å². The molecule has 0 radical (unpaired) electrons. The zero-order valence-corrected chi connectivity index (χ0v) is 20.6. The first kappa shape index (κ1) is 22.7. The minimum Gasteiger partial charge on any atom is -0.495 e. The van der Waals surface area contributed by atoms with Gasteiger partial charge >= 0.3 is 0 Å². The summed E-state index contributed by atoms with van der Waals surface area (Å²) in [7, 11) is 3.32. The highest BCUT2D eigenvalue weighted by atomic mass is 32.2. The third-order valence-corrected chi connectivity index (χ3v) is 7.60. The molecule has 0 N–H and O–H groups in total. The normalized spacial score (nSPS) is 14.3. The molecule has 32 heavy (non-hydrogen) atoms. The van der Waals surface area contributed by atoms with E-state index in [1.165, 1.54) is 4.90 Å². The number of anilines is 1. The van der Waals surface area contributed by atoms with E-state index in [-0.39, 0.29) is 5.91 Å². The summed E-state index contributed by atoms with van der Waals surface area (Å²) in [6.45, 7) is 7.29. The van der Waals surface area contributed by atoms with Gasteiger partial charge in [-0.3, -0.25) is 4.79 Å². The maximum absolute atomic E-state index is 12.8. The summed E-state index contributed by atoms with van der Waals surface area (Å²) in [5.74, 6) is 1.73. The summed E-state index contributed by atoms with van der Waals surface area (Å²) in [5, 5.41) is 1.49. The van der Waals surface area contributed by atoms with E-state index in [0.717, 1.165) is 45.5 Å². The number of aromatic nitrogens is 1. The van der Waals surface area contributed by atoms with Gasteiger partial charge in [0.1, 0.15) is 21.7 Å². The zero-order chi connectivity index (χ0) is 22.7. The van der Waals surface area contributed by atoms with Crippen molar-refractivity contribution in [2.45, 2.75) is 30.4 Å². The van der Waals surface area contributed by atoms with Crippen LogP contribution in [0.1, 0.15) is 19.4 Å². The van der Waals surface area contributed by atoms with Crippen LogP contribution in [0.2, 0.25) is 0 Å². The number of piperazine rings is 1. The number of benzene rings is 2. The molecule has 170 valence electrons. The highest BCUT2D eigenvalue weighted by molar-refractivity contribution is 7.99. The van der Waals surface area contributed by atoms with Crippen LogP contribution in [0.25, 0.3) is 10.2 Å². The number of carbonyl (C=O) groups is 1. The van der Waals surface area contributed by atoms with Gasteiger partial charge in [-0.05, 0) is 29.8 Å². The number of hydrogen-bond acceptors (Lipinski definition) is 7. The van der Waals surface area contributed by atoms with Crippen LogP contribution >= 0.6 is 23.1 Å². The molecule has 1 amide bonds. The van der Waals surface area contributed by atoms with Crippen molar-refractivity contribution in [3.63, 3.8) is 0 Å². The zero-order valence-electron chi connectivity index (χ0n) is 19.0. The molecule has 0 spiro atoms. The molecule has 2 aromatic carbocycles. The fourth-order valence-electron chi connectivity index (χ4n) is 3.80. The van der Waals surface area contributed by atoms with Gasteiger partial charge in [0, 0.05) is 36.3 Å². The third kappa shape index (κ3) is 4.96. The molecular weight excluding hydrogens is 442 g/mol. The third-order valence-electron chi connectivity index (χ3n) is 5.45. The van der Waals surface area contributed by atoms with Crippen molar-refractivity contribution in [2.75, 3.05) is 45.3 Å². The Hall–Kier alpha value is -2.45. The van der Waals surface area contributed by atoms with Crippen molar-refractivity contribution in [1.82, 2.24) is 9.88 Å². The summed E-state index contributed by atoms with van der Waals surface area (Å²) in [4.78, 5) is 23.1. The van der Waals surface area contributed by atoms with Crippen molar-refractivity contribution < 1.29 is 14.3 Å². The molecule has 0 unspecified atom stereocenters. The van der Waals surface area contributed by atoms with Gasteiger partial charge in [0.25, 0.3) is 0 Å². The second-order valence-corrected chi connectivity index (χ2v) is 10.6. The molecule has 0 atom stereocenters. The molecule has 6 nitrogen and oxygen atoms in total. The molecule has 1 fully saturated rings. The number of carbonyl (C=O) groups excluding carboxylic acids is 1. The van der Waals surface area contributed by atoms with Crippen LogP contribution in [0.5, 0.6) is 11.5 Å². The number of fused-ring (bicyclic) bond motifs is 1. The lowest BCUT2D eigenvalue weighted by Gasteiger charge is -2.34. The second-order valence-electron chi connectivity index (χ2n) is 8.00. The van der Waals surface area contributed by atoms with E-state index in [1.807, 2.05) is 28.8 Å². The second kappa shape index (κ2) is 10.0. The van der Waals surface area contributed by atoms with Gasteiger partial charge in [-0.1, -0.05) is 37.3 Å². The monoisotopic (exact) mass is 471 g/mol. The maximum atomic E-state index is 12.8. The lowest BCUT2D eigenvalue weighted by molar-refractivity contribution is -0.130. The maximum Gasteiger partial charge on any atom is 0.227 e. The van der Waals surface area contributed by atoms with Gasteiger partial charge in [-0.2, -0.15) is 0 Å². The van der Waals surface area contributed by atoms with Crippen LogP contribution in [0.3, 0.4) is 0 Å².